The van der Waals surface area contributed by atoms with Crippen LogP contribution in [0.5, 0.6) is 0 Å². The highest BCUT2D eigenvalue weighted by atomic mass is 16.2. The Morgan fingerprint density at radius 2 is 2.04 bits per heavy atom. The number of nitrogens with zero attached hydrogens (tertiary/aromatic N) is 1. The molecule has 5 heteroatoms. The van der Waals surface area contributed by atoms with Gasteiger partial charge in [0.1, 0.15) is 12.1 Å². The first kappa shape index (κ1) is 17.9. The molecule has 136 valence electrons. The lowest BCUT2D eigenvalue weighted by Crippen LogP contribution is -2.61. The summed E-state index contributed by atoms with van der Waals surface area (Å²) < 4.78 is 0. The molecule has 2 N–H and O–H groups in total. The van der Waals surface area contributed by atoms with Crippen LogP contribution in [0.4, 0.5) is 0 Å². The molecule has 0 saturated carbocycles. The van der Waals surface area contributed by atoms with Gasteiger partial charge in [-0.25, -0.2) is 0 Å². The summed E-state index contributed by atoms with van der Waals surface area (Å²) >= 11 is 0. The molecule has 1 aromatic carbocycles. The quantitative estimate of drug-likeness (QED) is 0.858. The second-order valence-corrected chi connectivity index (χ2v) is 7.94. The molecule has 2 saturated heterocycles. The minimum absolute atomic E-state index is 0.000987. The molecular weight excluding hydrogens is 314 g/mol. The summed E-state index contributed by atoms with van der Waals surface area (Å²) in [5.41, 5.74) is 3.80. The van der Waals surface area contributed by atoms with Gasteiger partial charge in [0.2, 0.25) is 11.8 Å². The molecule has 2 aliphatic rings. The van der Waals surface area contributed by atoms with Gasteiger partial charge in [-0.05, 0) is 43.7 Å². The number of nitrogens with one attached hydrogen (secondary N) is 2. The number of fused-ring (bicyclic) bond motifs is 1. The smallest absolute Gasteiger partial charge is 0.245 e. The molecule has 25 heavy (non-hydrogen) atoms. The molecule has 3 atom stereocenters. The molecule has 0 unspecified atom stereocenters. The Morgan fingerprint density at radius 1 is 1.28 bits per heavy atom. The predicted molar refractivity (Wildman–Crippen MR) is 98.0 cm³/mol. The first-order valence-electron chi connectivity index (χ1n) is 9.25. The molecular formula is C20H29N3O2. The van der Waals surface area contributed by atoms with Crippen LogP contribution in [0.2, 0.25) is 0 Å². The van der Waals surface area contributed by atoms with Crippen molar-refractivity contribution >= 4 is 11.8 Å². The molecule has 0 radical (unpaired) electrons. The number of aryl methyl sites for hydroxylation is 2. The first-order chi connectivity index (χ1) is 11.8. The van der Waals surface area contributed by atoms with Gasteiger partial charge in [-0.15, -0.1) is 0 Å². The van der Waals surface area contributed by atoms with Crippen molar-refractivity contribution in [2.75, 3.05) is 6.54 Å². The van der Waals surface area contributed by atoms with Gasteiger partial charge in [-0.2, -0.15) is 0 Å². The summed E-state index contributed by atoms with van der Waals surface area (Å²) in [7, 11) is 0. The highest BCUT2D eigenvalue weighted by Gasteiger charge is 2.46. The number of rotatable bonds is 5. The Balaban J connectivity index is 1.62. The van der Waals surface area contributed by atoms with E-state index >= 15 is 0 Å². The lowest BCUT2D eigenvalue weighted by Gasteiger charge is -2.35. The van der Waals surface area contributed by atoms with Crippen LogP contribution in [0.25, 0.3) is 0 Å². The van der Waals surface area contributed by atoms with Crippen molar-refractivity contribution in [1.82, 2.24) is 15.5 Å². The summed E-state index contributed by atoms with van der Waals surface area (Å²) in [6.45, 7) is 9.75. The zero-order chi connectivity index (χ0) is 18.1. The van der Waals surface area contributed by atoms with Crippen LogP contribution in [0.1, 0.15) is 43.4 Å². The van der Waals surface area contributed by atoms with Crippen molar-refractivity contribution in [1.29, 1.82) is 0 Å². The highest BCUT2D eigenvalue weighted by Crippen LogP contribution is 2.25. The van der Waals surface area contributed by atoms with Crippen LogP contribution in [-0.4, -0.2) is 41.4 Å². The van der Waals surface area contributed by atoms with Gasteiger partial charge in [-0.1, -0.05) is 37.6 Å². The second kappa shape index (κ2) is 7.16. The maximum atomic E-state index is 12.7. The molecule has 1 aromatic rings. The fraction of sp³-hybridized carbons (Fsp3) is 0.600. The summed E-state index contributed by atoms with van der Waals surface area (Å²) in [5, 5.41) is 6.46. The van der Waals surface area contributed by atoms with E-state index in [1.54, 1.807) is 4.90 Å². The fourth-order valence-electron chi connectivity index (χ4n) is 3.94. The Bertz CT molecular complexity index is 671. The fourth-order valence-corrected chi connectivity index (χ4v) is 3.94. The van der Waals surface area contributed by atoms with Gasteiger partial charge in [0.15, 0.2) is 0 Å². The molecule has 0 bridgehead atoms. The van der Waals surface area contributed by atoms with Gasteiger partial charge in [0.25, 0.3) is 0 Å². The second-order valence-electron chi connectivity index (χ2n) is 7.94. The van der Waals surface area contributed by atoms with E-state index < -0.39 is 0 Å². The Morgan fingerprint density at radius 3 is 2.72 bits per heavy atom. The molecule has 2 fully saturated rings. The molecule has 2 amide bonds. The number of hydrogen-bond acceptors (Lipinski definition) is 3. The Labute approximate surface area is 150 Å². The topological polar surface area (TPSA) is 61.4 Å². The maximum absolute atomic E-state index is 12.7. The molecule has 2 aliphatic heterocycles. The van der Waals surface area contributed by atoms with Crippen LogP contribution in [0.15, 0.2) is 18.2 Å². The third-order valence-electron chi connectivity index (χ3n) is 5.29. The Kier molecular flexibility index (Phi) is 5.13. The number of benzene rings is 1. The largest absolute Gasteiger partial charge is 0.342 e. The van der Waals surface area contributed by atoms with E-state index in [1.165, 1.54) is 16.7 Å². The van der Waals surface area contributed by atoms with Crippen molar-refractivity contribution in [3.8, 4) is 0 Å². The minimum Gasteiger partial charge on any atom is -0.342 e. The number of carbonyl (C=O) groups is 2. The lowest BCUT2D eigenvalue weighted by atomic mass is 9.99. The summed E-state index contributed by atoms with van der Waals surface area (Å²) in [6, 6.07) is 5.95. The standard InChI is InChI=1S/C20H29N3O2/c1-12(2)7-17-20(25)23-11-16(9-18(23)19(24)22-17)21-10-15-6-5-13(3)8-14(15)4/h5-6,8,12,16-18,21H,7,9-11H2,1-4H3,(H,22,24)/t16-,17-,18-/m0/s1. The maximum Gasteiger partial charge on any atom is 0.245 e. The van der Waals surface area contributed by atoms with Crippen molar-refractivity contribution in [3.05, 3.63) is 34.9 Å². The molecule has 5 nitrogen and oxygen atoms in total. The minimum atomic E-state index is -0.359. The molecule has 0 spiro atoms. The van der Waals surface area contributed by atoms with Gasteiger partial charge >= 0.3 is 0 Å². The molecule has 3 rings (SSSR count). The van der Waals surface area contributed by atoms with Crippen LogP contribution in [0, 0.1) is 19.8 Å². The Hall–Kier alpha value is -1.88. The predicted octanol–water partition coefficient (Wildman–Crippen LogP) is 1.91. The summed E-state index contributed by atoms with van der Waals surface area (Å²) in [5.74, 6) is 0.460. The van der Waals surface area contributed by atoms with E-state index in [0.717, 1.165) is 6.54 Å². The summed E-state index contributed by atoms with van der Waals surface area (Å²) in [6.07, 6.45) is 1.39. The van der Waals surface area contributed by atoms with Crippen molar-refractivity contribution in [3.63, 3.8) is 0 Å². The van der Waals surface area contributed by atoms with E-state index in [-0.39, 0.29) is 29.9 Å². The van der Waals surface area contributed by atoms with E-state index in [1.807, 2.05) is 0 Å². The molecule has 2 heterocycles. The van der Waals surface area contributed by atoms with Gasteiger partial charge in [0, 0.05) is 19.1 Å². The van der Waals surface area contributed by atoms with Crippen LogP contribution < -0.4 is 10.6 Å². The average molecular weight is 343 g/mol. The van der Waals surface area contributed by atoms with Gasteiger partial charge in [0.05, 0.1) is 0 Å². The zero-order valence-electron chi connectivity index (χ0n) is 15.6. The van der Waals surface area contributed by atoms with Crippen LogP contribution in [0.3, 0.4) is 0 Å². The zero-order valence-corrected chi connectivity index (χ0v) is 15.6. The van der Waals surface area contributed by atoms with Crippen molar-refractivity contribution in [2.24, 2.45) is 5.92 Å². The number of piperazine rings is 1. The van der Waals surface area contributed by atoms with Crippen LogP contribution >= 0.6 is 0 Å². The van der Waals surface area contributed by atoms with E-state index in [0.29, 0.717) is 25.3 Å². The van der Waals surface area contributed by atoms with E-state index in [4.69, 9.17) is 0 Å². The van der Waals surface area contributed by atoms with E-state index in [9.17, 15) is 9.59 Å². The number of hydrogen-bond donors (Lipinski definition) is 2. The highest BCUT2D eigenvalue weighted by molar-refractivity contribution is 5.97. The van der Waals surface area contributed by atoms with Gasteiger partial charge in [-0.3, -0.25) is 9.59 Å². The molecule has 0 aliphatic carbocycles. The average Bonchev–Trinajstić information content (AvgIpc) is 2.96. The number of amides is 2. The normalized spacial score (nSPS) is 26.1. The van der Waals surface area contributed by atoms with Crippen molar-refractivity contribution < 1.29 is 9.59 Å². The lowest BCUT2D eigenvalue weighted by molar-refractivity contribution is -0.147. The van der Waals surface area contributed by atoms with Crippen molar-refractivity contribution in [2.45, 2.75) is 65.2 Å². The third kappa shape index (κ3) is 3.87. The number of carbonyl (C=O) groups excluding carboxylic acids is 2. The first-order valence-corrected chi connectivity index (χ1v) is 9.25. The summed E-state index contributed by atoms with van der Waals surface area (Å²) in [4.78, 5) is 26.9. The monoisotopic (exact) mass is 343 g/mol. The molecule has 0 aromatic heterocycles. The SMILES string of the molecule is Cc1ccc(CN[C@H]2C[C@H]3C(=O)N[C@@H](CC(C)C)C(=O)N3C2)c(C)c1. The van der Waals surface area contributed by atoms with E-state index in [2.05, 4.69) is 56.5 Å². The van der Waals surface area contributed by atoms with Crippen LogP contribution in [-0.2, 0) is 16.1 Å². The third-order valence-corrected chi connectivity index (χ3v) is 5.29. The van der Waals surface area contributed by atoms with Gasteiger partial charge < -0.3 is 15.5 Å².